The molecule has 4 rings (SSSR count). The number of benzene rings is 2. The number of carbonyl (C=O) groups is 1. The summed E-state index contributed by atoms with van der Waals surface area (Å²) in [6.07, 6.45) is 1.89. The van der Waals surface area contributed by atoms with Crippen molar-refractivity contribution in [3.63, 3.8) is 0 Å². The highest BCUT2D eigenvalue weighted by Gasteiger charge is 2.62. The smallest absolute Gasteiger partial charge is 0.311 e. The van der Waals surface area contributed by atoms with Gasteiger partial charge in [-0.1, -0.05) is 42.5 Å². The van der Waals surface area contributed by atoms with E-state index in [-0.39, 0.29) is 0 Å². The maximum atomic E-state index is 11.5. The van der Waals surface area contributed by atoms with Crippen molar-refractivity contribution < 1.29 is 9.90 Å². The lowest BCUT2D eigenvalue weighted by Gasteiger charge is -2.30. The van der Waals surface area contributed by atoms with Crippen molar-refractivity contribution in [1.29, 1.82) is 0 Å². The fraction of sp³-hybridized carbons (Fsp3) is 0.389. The van der Waals surface area contributed by atoms with E-state index in [0.717, 1.165) is 25.9 Å². The van der Waals surface area contributed by atoms with E-state index in [0.29, 0.717) is 12.5 Å². The van der Waals surface area contributed by atoms with Gasteiger partial charge in [-0.2, -0.15) is 0 Å². The first-order chi connectivity index (χ1) is 10.2. The zero-order valence-electron chi connectivity index (χ0n) is 12.0. The number of aliphatic carboxylic acids is 1. The van der Waals surface area contributed by atoms with Gasteiger partial charge in [-0.25, -0.2) is 0 Å². The number of fused-ring (bicyclic) bond motifs is 2. The zero-order valence-corrected chi connectivity index (χ0v) is 12.0. The topological polar surface area (TPSA) is 40.5 Å². The third-order valence-electron chi connectivity index (χ3n) is 5.23. The standard InChI is InChI=1S/C18H19NO2/c20-17(21)18-10-15(18)8-9-19(12-18)11-14-6-3-5-13-4-1-2-7-16(13)14/h1-7,15H,8-12H2,(H,20,21). The summed E-state index contributed by atoms with van der Waals surface area (Å²) in [6.45, 7) is 2.57. The van der Waals surface area contributed by atoms with Crippen molar-refractivity contribution in [2.24, 2.45) is 11.3 Å². The van der Waals surface area contributed by atoms with E-state index in [1.807, 2.05) is 0 Å². The first kappa shape index (κ1) is 12.8. The van der Waals surface area contributed by atoms with Gasteiger partial charge in [0.1, 0.15) is 0 Å². The van der Waals surface area contributed by atoms with Crippen molar-refractivity contribution in [2.75, 3.05) is 13.1 Å². The van der Waals surface area contributed by atoms with Crippen LogP contribution in [0.2, 0.25) is 0 Å². The number of piperidine rings is 1. The Bertz CT molecular complexity index is 706. The number of likely N-dealkylation sites (tertiary alicyclic amines) is 1. The van der Waals surface area contributed by atoms with Gasteiger partial charge < -0.3 is 5.11 Å². The quantitative estimate of drug-likeness (QED) is 0.939. The summed E-state index contributed by atoms with van der Waals surface area (Å²) in [6, 6.07) is 14.8. The predicted octanol–water partition coefficient (Wildman–Crippen LogP) is 3.14. The molecule has 3 nitrogen and oxygen atoms in total. The second kappa shape index (κ2) is 4.57. The maximum Gasteiger partial charge on any atom is 0.311 e. The molecule has 2 unspecified atom stereocenters. The molecule has 2 aromatic rings. The molecular formula is C18H19NO2. The molecule has 1 N–H and O–H groups in total. The molecule has 1 saturated heterocycles. The van der Waals surface area contributed by atoms with Crippen LogP contribution in [0.3, 0.4) is 0 Å². The molecule has 2 aliphatic rings. The van der Waals surface area contributed by atoms with Gasteiger partial charge in [-0.05, 0) is 41.6 Å². The minimum absolute atomic E-state index is 0.416. The number of carboxylic acid groups (broad SMARTS) is 1. The number of hydrogen-bond acceptors (Lipinski definition) is 2. The molecule has 1 aliphatic heterocycles. The van der Waals surface area contributed by atoms with Gasteiger partial charge in [0.05, 0.1) is 5.41 Å². The molecule has 0 radical (unpaired) electrons. The van der Waals surface area contributed by atoms with E-state index in [4.69, 9.17) is 0 Å². The third-order valence-corrected chi connectivity index (χ3v) is 5.23. The molecule has 21 heavy (non-hydrogen) atoms. The fourth-order valence-electron chi connectivity index (χ4n) is 3.91. The first-order valence-corrected chi connectivity index (χ1v) is 7.61. The average molecular weight is 281 g/mol. The predicted molar refractivity (Wildman–Crippen MR) is 82.0 cm³/mol. The summed E-state index contributed by atoms with van der Waals surface area (Å²) in [4.78, 5) is 13.8. The van der Waals surface area contributed by atoms with Gasteiger partial charge in [-0.15, -0.1) is 0 Å². The molecule has 0 aromatic heterocycles. The SMILES string of the molecule is O=C(O)C12CC1CCN(Cc1cccc3ccccc13)C2. The molecule has 1 aliphatic carbocycles. The van der Waals surface area contributed by atoms with Crippen LogP contribution in [-0.2, 0) is 11.3 Å². The summed E-state index contributed by atoms with van der Waals surface area (Å²) in [5.74, 6) is -0.186. The highest BCUT2D eigenvalue weighted by Crippen LogP contribution is 2.57. The number of rotatable bonds is 3. The van der Waals surface area contributed by atoms with Crippen LogP contribution in [0.1, 0.15) is 18.4 Å². The minimum Gasteiger partial charge on any atom is -0.481 e. The largest absolute Gasteiger partial charge is 0.481 e. The third kappa shape index (κ3) is 2.04. The molecule has 3 heteroatoms. The Labute approximate surface area is 124 Å². The lowest BCUT2D eigenvalue weighted by molar-refractivity contribution is -0.145. The van der Waals surface area contributed by atoms with E-state index in [1.165, 1.54) is 16.3 Å². The number of hydrogen-bond donors (Lipinski definition) is 1. The van der Waals surface area contributed by atoms with Gasteiger partial charge in [0.15, 0.2) is 0 Å². The lowest BCUT2D eigenvalue weighted by Crippen LogP contribution is -2.40. The zero-order chi connectivity index (χ0) is 14.4. The van der Waals surface area contributed by atoms with E-state index < -0.39 is 11.4 Å². The van der Waals surface area contributed by atoms with Gasteiger partial charge in [0, 0.05) is 13.1 Å². The molecule has 2 atom stereocenters. The fourth-order valence-corrected chi connectivity index (χ4v) is 3.91. The van der Waals surface area contributed by atoms with Crippen LogP contribution >= 0.6 is 0 Å². The van der Waals surface area contributed by atoms with Crippen LogP contribution in [0.5, 0.6) is 0 Å². The number of nitrogens with zero attached hydrogens (tertiary/aromatic N) is 1. The Morgan fingerprint density at radius 3 is 2.90 bits per heavy atom. The Balaban J connectivity index is 1.59. The van der Waals surface area contributed by atoms with Crippen molar-refractivity contribution >= 4 is 16.7 Å². The van der Waals surface area contributed by atoms with Crippen molar-refractivity contribution in [3.8, 4) is 0 Å². The molecule has 2 aromatic carbocycles. The molecule has 0 spiro atoms. The molecule has 2 fully saturated rings. The average Bonchev–Trinajstić information content (AvgIpc) is 3.23. The maximum absolute atomic E-state index is 11.5. The summed E-state index contributed by atoms with van der Waals surface area (Å²) in [7, 11) is 0. The Hall–Kier alpha value is -1.87. The molecule has 1 saturated carbocycles. The van der Waals surface area contributed by atoms with E-state index in [9.17, 15) is 9.90 Å². The van der Waals surface area contributed by atoms with Gasteiger partial charge in [-0.3, -0.25) is 9.69 Å². The minimum atomic E-state index is -0.602. The molecule has 108 valence electrons. The molecule has 1 heterocycles. The summed E-state index contributed by atoms with van der Waals surface area (Å²) < 4.78 is 0. The van der Waals surface area contributed by atoms with Gasteiger partial charge in [0.25, 0.3) is 0 Å². The summed E-state index contributed by atoms with van der Waals surface area (Å²) in [5.41, 5.74) is 0.857. The van der Waals surface area contributed by atoms with E-state index >= 15 is 0 Å². The van der Waals surface area contributed by atoms with Gasteiger partial charge >= 0.3 is 5.97 Å². The van der Waals surface area contributed by atoms with Gasteiger partial charge in [0.2, 0.25) is 0 Å². The van der Waals surface area contributed by atoms with Crippen LogP contribution < -0.4 is 0 Å². The Morgan fingerprint density at radius 1 is 1.24 bits per heavy atom. The van der Waals surface area contributed by atoms with Crippen molar-refractivity contribution in [2.45, 2.75) is 19.4 Å². The highest BCUT2D eigenvalue weighted by atomic mass is 16.4. The lowest BCUT2D eigenvalue weighted by atomic mass is 9.96. The summed E-state index contributed by atoms with van der Waals surface area (Å²) in [5, 5.41) is 12.0. The van der Waals surface area contributed by atoms with Crippen LogP contribution in [0.25, 0.3) is 10.8 Å². The second-order valence-corrected chi connectivity index (χ2v) is 6.50. The normalized spacial score (nSPS) is 28.3. The second-order valence-electron chi connectivity index (χ2n) is 6.50. The van der Waals surface area contributed by atoms with E-state index in [2.05, 4.69) is 47.4 Å². The van der Waals surface area contributed by atoms with Crippen LogP contribution in [0, 0.1) is 11.3 Å². The monoisotopic (exact) mass is 281 g/mol. The summed E-state index contributed by atoms with van der Waals surface area (Å²) >= 11 is 0. The van der Waals surface area contributed by atoms with Crippen LogP contribution in [-0.4, -0.2) is 29.1 Å². The Morgan fingerprint density at radius 2 is 2.05 bits per heavy atom. The first-order valence-electron chi connectivity index (χ1n) is 7.61. The number of carboxylic acids is 1. The Kier molecular flexibility index (Phi) is 2.79. The van der Waals surface area contributed by atoms with Crippen LogP contribution in [0.15, 0.2) is 42.5 Å². The van der Waals surface area contributed by atoms with Crippen LogP contribution in [0.4, 0.5) is 0 Å². The molecule has 0 bridgehead atoms. The molecule has 0 amide bonds. The highest BCUT2D eigenvalue weighted by molar-refractivity contribution is 5.85. The van der Waals surface area contributed by atoms with Crippen molar-refractivity contribution in [3.05, 3.63) is 48.0 Å². The van der Waals surface area contributed by atoms with E-state index in [1.54, 1.807) is 0 Å². The van der Waals surface area contributed by atoms with Crippen molar-refractivity contribution in [1.82, 2.24) is 4.90 Å². The molecular weight excluding hydrogens is 262 g/mol.